The van der Waals surface area contributed by atoms with Gasteiger partial charge in [0.05, 0.1) is 13.0 Å². The van der Waals surface area contributed by atoms with Gasteiger partial charge in [0.15, 0.2) is 0 Å². The number of methoxy groups -OCH3 is 1. The smallest absolute Gasteiger partial charge is 0.251 e. The van der Waals surface area contributed by atoms with Gasteiger partial charge in [-0.15, -0.1) is 0 Å². The van der Waals surface area contributed by atoms with Crippen LogP contribution in [0.15, 0.2) is 72.8 Å². The third-order valence-corrected chi connectivity index (χ3v) is 5.87. The predicted molar refractivity (Wildman–Crippen MR) is 131 cm³/mol. The summed E-state index contributed by atoms with van der Waals surface area (Å²) in [5, 5.41) is 5.75. The molecule has 3 aromatic rings. The zero-order chi connectivity index (χ0) is 24.1. The average Bonchev–Trinajstić information content (AvgIpc) is 3.25. The molecule has 1 heterocycles. The van der Waals surface area contributed by atoms with Crippen LogP contribution in [0.4, 0.5) is 11.4 Å². The molecule has 174 valence electrons. The second-order valence-corrected chi connectivity index (χ2v) is 8.34. The van der Waals surface area contributed by atoms with Crippen LogP contribution in [0, 0.1) is 12.8 Å². The summed E-state index contributed by atoms with van der Waals surface area (Å²) < 4.78 is 5.15. The van der Waals surface area contributed by atoms with Crippen molar-refractivity contribution in [3.05, 3.63) is 89.5 Å². The molecule has 34 heavy (non-hydrogen) atoms. The van der Waals surface area contributed by atoms with Gasteiger partial charge in [-0.1, -0.05) is 29.8 Å². The molecule has 1 fully saturated rings. The standard InChI is InChI=1S/C27H27N3O4/c1-18-3-5-19(6-4-18)16-28-26(32)20-7-9-22(10-8-20)29-27(33)21-15-25(31)30(17-21)23-11-13-24(34-2)14-12-23/h3-14,21H,15-17H2,1-2H3,(H,28,32)(H,29,33). The van der Waals surface area contributed by atoms with Gasteiger partial charge in [0, 0.05) is 36.4 Å². The number of carbonyl (C=O) groups excluding carboxylic acids is 3. The van der Waals surface area contributed by atoms with Crippen molar-refractivity contribution in [2.45, 2.75) is 19.9 Å². The van der Waals surface area contributed by atoms with Crippen molar-refractivity contribution < 1.29 is 19.1 Å². The number of amides is 3. The van der Waals surface area contributed by atoms with Crippen molar-refractivity contribution in [3.8, 4) is 5.75 Å². The van der Waals surface area contributed by atoms with Gasteiger partial charge in [-0.2, -0.15) is 0 Å². The van der Waals surface area contributed by atoms with Gasteiger partial charge in [-0.05, 0) is 61.0 Å². The Bertz CT molecular complexity index is 1170. The van der Waals surface area contributed by atoms with E-state index in [0.717, 1.165) is 11.3 Å². The topological polar surface area (TPSA) is 87.7 Å². The Morgan fingerprint density at radius 1 is 0.971 bits per heavy atom. The number of ether oxygens (including phenoxy) is 1. The number of nitrogens with zero attached hydrogens (tertiary/aromatic N) is 1. The van der Waals surface area contributed by atoms with E-state index in [1.807, 2.05) is 31.2 Å². The van der Waals surface area contributed by atoms with Crippen LogP contribution in [-0.4, -0.2) is 31.4 Å². The van der Waals surface area contributed by atoms with Gasteiger partial charge in [-0.3, -0.25) is 14.4 Å². The molecule has 4 rings (SSSR count). The molecule has 2 N–H and O–H groups in total. The molecule has 7 nitrogen and oxygen atoms in total. The second kappa shape index (κ2) is 10.2. The fraction of sp³-hybridized carbons (Fsp3) is 0.222. The first kappa shape index (κ1) is 23.0. The van der Waals surface area contributed by atoms with Crippen molar-refractivity contribution in [1.29, 1.82) is 0 Å². The SMILES string of the molecule is COc1ccc(N2CC(C(=O)Nc3ccc(C(=O)NCc4ccc(C)cc4)cc3)CC2=O)cc1. The van der Waals surface area contributed by atoms with Crippen LogP contribution in [0.1, 0.15) is 27.9 Å². The van der Waals surface area contributed by atoms with E-state index in [2.05, 4.69) is 10.6 Å². The Kier molecular flexibility index (Phi) is 6.92. The number of nitrogens with one attached hydrogen (secondary N) is 2. The van der Waals surface area contributed by atoms with Crippen LogP contribution in [0.2, 0.25) is 0 Å². The van der Waals surface area contributed by atoms with E-state index in [1.165, 1.54) is 5.56 Å². The van der Waals surface area contributed by atoms with E-state index in [0.29, 0.717) is 30.1 Å². The minimum Gasteiger partial charge on any atom is -0.497 e. The molecule has 1 aliphatic heterocycles. The van der Waals surface area contributed by atoms with Crippen LogP contribution in [-0.2, 0) is 16.1 Å². The Labute approximate surface area is 198 Å². The van der Waals surface area contributed by atoms with Gasteiger partial charge >= 0.3 is 0 Å². The summed E-state index contributed by atoms with van der Waals surface area (Å²) in [5.41, 5.74) is 4.02. The monoisotopic (exact) mass is 457 g/mol. The molecular weight excluding hydrogens is 430 g/mol. The Hall–Kier alpha value is -4.13. The molecule has 1 aliphatic rings. The highest BCUT2D eigenvalue weighted by molar-refractivity contribution is 6.03. The number of hydrogen-bond donors (Lipinski definition) is 2. The van der Waals surface area contributed by atoms with E-state index in [4.69, 9.17) is 4.74 Å². The lowest BCUT2D eigenvalue weighted by molar-refractivity contribution is -0.122. The summed E-state index contributed by atoms with van der Waals surface area (Å²) in [6, 6.07) is 21.9. The lowest BCUT2D eigenvalue weighted by Crippen LogP contribution is -2.28. The minimum atomic E-state index is -0.452. The number of aryl methyl sites for hydroxylation is 1. The molecule has 1 atom stereocenters. The molecule has 0 aromatic heterocycles. The Morgan fingerprint density at radius 3 is 2.29 bits per heavy atom. The predicted octanol–water partition coefficient (Wildman–Crippen LogP) is 3.93. The molecule has 0 spiro atoms. The summed E-state index contributed by atoms with van der Waals surface area (Å²) in [6.07, 6.45) is 0.150. The van der Waals surface area contributed by atoms with Crippen LogP contribution in [0.25, 0.3) is 0 Å². The summed E-state index contributed by atoms with van der Waals surface area (Å²) in [5.74, 6) is -0.245. The van der Waals surface area contributed by atoms with Crippen molar-refractivity contribution in [3.63, 3.8) is 0 Å². The first-order valence-corrected chi connectivity index (χ1v) is 11.1. The van der Waals surface area contributed by atoms with E-state index in [-0.39, 0.29) is 24.1 Å². The molecule has 0 aliphatic carbocycles. The minimum absolute atomic E-state index is 0.0917. The molecule has 0 bridgehead atoms. The molecule has 1 unspecified atom stereocenters. The fourth-order valence-electron chi connectivity index (χ4n) is 3.83. The van der Waals surface area contributed by atoms with Gasteiger partial charge in [0.25, 0.3) is 5.91 Å². The molecular formula is C27H27N3O4. The number of anilines is 2. The molecule has 0 saturated carbocycles. The third kappa shape index (κ3) is 5.43. The fourth-order valence-corrected chi connectivity index (χ4v) is 3.83. The third-order valence-electron chi connectivity index (χ3n) is 5.87. The normalized spacial score (nSPS) is 15.2. The Balaban J connectivity index is 1.31. The van der Waals surface area contributed by atoms with Crippen molar-refractivity contribution in [2.24, 2.45) is 5.92 Å². The van der Waals surface area contributed by atoms with Gasteiger partial charge in [-0.25, -0.2) is 0 Å². The maximum absolute atomic E-state index is 12.8. The lowest BCUT2D eigenvalue weighted by Gasteiger charge is -2.17. The number of carbonyl (C=O) groups is 3. The van der Waals surface area contributed by atoms with Gasteiger partial charge in [0.2, 0.25) is 11.8 Å². The van der Waals surface area contributed by atoms with Crippen LogP contribution in [0.5, 0.6) is 5.75 Å². The van der Waals surface area contributed by atoms with Crippen LogP contribution >= 0.6 is 0 Å². The highest BCUT2D eigenvalue weighted by Gasteiger charge is 2.35. The highest BCUT2D eigenvalue weighted by atomic mass is 16.5. The average molecular weight is 458 g/mol. The molecule has 7 heteroatoms. The van der Waals surface area contributed by atoms with Gasteiger partial charge in [0.1, 0.15) is 5.75 Å². The first-order chi connectivity index (χ1) is 16.4. The zero-order valence-electron chi connectivity index (χ0n) is 19.2. The molecule has 3 amide bonds. The van der Waals surface area contributed by atoms with E-state index < -0.39 is 5.92 Å². The van der Waals surface area contributed by atoms with Crippen molar-refractivity contribution >= 4 is 29.1 Å². The summed E-state index contributed by atoms with van der Waals surface area (Å²) in [6.45, 7) is 2.78. The van der Waals surface area contributed by atoms with Crippen LogP contribution in [0.3, 0.4) is 0 Å². The molecule has 1 saturated heterocycles. The number of hydrogen-bond acceptors (Lipinski definition) is 4. The summed E-state index contributed by atoms with van der Waals surface area (Å²) >= 11 is 0. The van der Waals surface area contributed by atoms with Crippen LogP contribution < -0.4 is 20.3 Å². The second-order valence-electron chi connectivity index (χ2n) is 8.34. The van der Waals surface area contributed by atoms with Gasteiger partial charge < -0.3 is 20.3 Å². The molecule has 0 radical (unpaired) electrons. The first-order valence-electron chi connectivity index (χ1n) is 11.1. The number of rotatable bonds is 7. The number of benzene rings is 3. The maximum Gasteiger partial charge on any atom is 0.251 e. The quantitative estimate of drug-likeness (QED) is 0.563. The molecule has 3 aromatic carbocycles. The van der Waals surface area contributed by atoms with E-state index in [9.17, 15) is 14.4 Å². The summed E-state index contributed by atoms with van der Waals surface area (Å²) in [7, 11) is 1.58. The summed E-state index contributed by atoms with van der Waals surface area (Å²) in [4.78, 5) is 39.3. The Morgan fingerprint density at radius 2 is 1.65 bits per heavy atom. The maximum atomic E-state index is 12.8. The zero-order valence-corrected chi connectivity index (χ0v) is 19.2. The van der Waals surface area contributed by atoms with Crippen molar-refractivity contribution in [2.75, 3.05) is 23.9 Å². The van der Waals surface area contributed by atoms with E-state index in [1.54, 1.807) is 60.5 Å². The van der Waals surface area contributed by atoms with Crippen molar-refractivity contribution in [1.82, 2.24) is 5.32 Å². The van der Waals surface area contributed by atoms with E-state index >= 15 is 0 Å². The lowest BCUT2D eigenvalue weighted by atomic mass is 10.1. The highest BCUT2D eigenvalue weighted by Crippen LogP contribution is 2.27. The largest absolute Gasteiger partial charge is 0.497 e.